The molecule has 3 rings (SSSR count). The number of aromatic nitrogens is 3. The molecule has 0 aliphatic heterocycles. The summed E-state index contributed by atoms with van der Waals surface area (Å²) in [6.45, 7) is 6.21. The van der Waals surface area contributed by atoms with Crippen LogP contribution in [0.1, 0.15) is 39.0 Å². The Bertz CT molecular complexity index is 865. The Morgan fingerprint density at radius 3 is 2.71 bits per heavy atom. The van der Waals surface area contributed by atoms with Gasteiger partial charge in [0.2, 0.25) is 5.91 Å². The van der Waals surface area contributed by atoms with Crippen LogP contribution in [0.15, 0.2) is 48.1 Å². The van der Waals surface area contributed by atoms with Crippen molar-refractivity contribution >= 4 is 17.7 Å². The Kier molecular flexibility index (Phi) is 6.53. The number of hydrogen-bond donors (Lipinski definition) is 1. The van der Waals surface area contributed by atoms with Crippen molar-refractivity contribution in [1.82, 2.24) is 20.1 Å². The molecule has 146 valence electrons. The van der Waals surface area contributed by atoms with Gasteiger partial charge >= 0.3 is 0 Å². The van der Waals surface area contributed by atoms with Crippen LogP contribution in [0.2, 0.25) is 0 Å². The molecule has 28 heavy (non-hydrogen) atoms. The van der Waals surface area contributed by atoms with E-state index < -0.39 is 5.54 Å². The molecule has 1 amide bonds. The molecular formula is C21H25N5OS. The van der Waals surface area contributed by atoms with Crippen molar-refractivity contribution in [3.05, 3.63) is 43.0 Å². The maximum atomic E-state index is 12.8. The van der Waals surface area contributed by atoms with Gasteiger partial charge in [-0.25, -0.2) is 0 Å². The van der Waals surface area contributed by atoms with Crippen molar-refractivity contribution < 1.29 is 4.79 Å². The highest BCUT2D eigenvalue weighted by atomic mass is 32.2. The van der Waals surface area contributed by atoms with E-state index in [-0.39, 0.29) is 11.2 Å². The Morgan fingerprint density at radius 2 is 2.07 bits per heavy atom. The zero-order valence-electron chi connectivity index (χ0n) is 16.1. The van der Waals surface area contributed by atoms with Crippen LogP contribution >= 0.6 is 11.8 Å². The SMILES string of the molecule is C=CCn1c(SC(C)C(=O)NC2(C#N)CCCCC2)nnc1-c1ccccc1. The fraction of sp³-hybridized carbons (Fsp3) is 0.429. The van der Waals surface area contributed by atoms with E-state index in [9.17, 15) is 10.1 Å². The van der Waals surface area contributed by atoms with E-state index in [2.05, 4.69) is 28.2 Å². The highest BCUT2D eigenvalue weighted by molar-refractivity contribution is 8.00. The highest BCUT2D eigenvalue weighted by Crippen LogP contribution is 2.30. The summed E-state index contributed by atoms with van der Waals surface area (Å²) in [4.78, 5) is 12.8. The van der Waals surface area contributed by atoms with Gasteiger partial charge in [-0.15, -0.1) is 16.8 Å². The number of benzene rings is 1. The van der Waals surface area contributed by atoms with Gasteiger partial charge in [0.15, 0.2) is 11.0 Å². The summed E-state index contributed by atoms with van der Waals surface area (Å²) < 4.78 is 1.96. The summed E-state index contributed by atoms with van der Waals surface area (Å²) in [6, 6.07) is 12.2. The molecule has 7 heteroatoms. The van der Waals surface area contributed by atoms with Crippen molar-refractivity contribution in [3.63, 3.8) is 0 Å². The van der Waals surface area contributed by atoms with Crippen LogP contribution in [-0.4, -0.2) is 31.5 Å². The molecule has 6 nitrogen and oxygen atoms in total. The van der Waals surface area contributed by atoms with Gasteiger partial charge < -0.3 is 5.32 Å². The second-order valence-electron chi connectivity index (χ2n) is 7.08. The zero-order valence-corrected chi connectivity index (χ0v) is 16.9. The Morgan fingerprint density at radius 1 is 1.36 bits per heavy atom. The zero-order chi connectivity index (χ0) is 20.0. The van der Waals surface area contributed by atoms with Crippen LogP contribution in [0.3, 0.4) is 0 Å². The fourth-order valence-electron chi connectivity index (χ4n) is 3.44. The summed E-state index contributed by atoms with van der Waals surface area (Å²) in [7, 11) is 0. The Hall–Kier alpha value is -2.59. The maximum absolute atomic E-state index is 12.8. The van der Waals surface area contributed by atoms with E-state index in [1.807, 2.05) is 41.8 Å². The van der Waals surface area contributed by atoms with Crippen molar-refractivity contribution in [2.24, 2.45) is 0 Å². The standard InChI is InChI=1S/C21H25N5OS/c1-3-14-26-18(17-10-6-4-7-11-17)24-25-20(26)28-16(2)19(27)23-21(15-22)12-8-5-9-13-21/h3-4,6-7,10-11,16H,1,5,8-9,12-14H2,2H3,(H,23,27). The predicted octanol–water partition coefficient (Wildman–Crippen LogP) is 3.95. The van der Waals surface area contributed by atoms with E-state index >= 15 is 0 Å². The van der Waals surface area contributed by atoms with Gasteiger partial charge in [0.1, 0.15) is 5.54 Å². The molecule has 1 aliphatic carbocycles. The number of carbonyl (C=O) groups excluding carboxylic acids is 1. The van der Waals surface area contributed by atoms with Gasteiger partial charge in [-0.3, -0.25) is 9.36 Å². The monoisotopic (exact) mass is 395 g/mol. The van der Waals surface area contributed by atoms with Gasteiger partial charge in [-0.2, -0.15) is 5.26 Å². The fourth-order valence-corrected chi connectivity index (χ4v) is 4.30. The molecular weight excluding hydrogens is 370 g/mol. The van der Waals surface area contributed by atoms with Crippen molar-refractivity contribution in [3.8, 4) is 17.5 Å². The lowest BCUT2D eigenvalue weighted by Crippen LogP contribution is -2.51. The minimum absolute atomic E-state index is 0.136. The molecule has 1 saturated carbocycles. The number of hydrogen-bond acceptors (Lipinski definition) is 5. The van der Waals surface area contributed by atoms with Gasteiger partial charge in [-0.1, -0.05) is 67.4 Å². The molecule has 1 unspecified atom stereocenters. The van der Waals surface area contributed by atoms with E-state index in [1.54, 1.807) is 6.08 Å². The van der Waals surface area contributed by atoms with Crippen molar-refractivity contribution in [1.29, 1.82) is 5.26 Å². The molecule has 1 N–H and O–H groups in total. The first-order valence-electron chi connectivity index (χ1n) is 9.58. The Labute approximate surface area is 170 Å². The maximum Gasteiger partial charge on any atom is 0.234 e. The first kappa shape index (κ1) is 20.2. The van der Waals surface area contributed by atoms with Gasteiger partial charge in [-0.05, 0) is 19.8 Å². The molecule has 1 aromatic carbocycles. The Balaban J connectivity index is 1.75. The molecule has 1 aromatic heterocycles. The van der Waals surface area contributed by atoms with Crippen LogP contribution in [0.4, 0.5) is 0 Å². The summed E-state index contributed by atoms with van der Waals surface area (Å²) in [5.41, 5.74) is 0.236. The predicted molar refractivity (Wildman–Crippen MR) is 111 cm³/mol. The molecule has 0 saturated heterocycles. The number of thioether (sulfide) groups is 1. The summed E-state index contributed by atoms with van der Waals surface area (Å²) >= 11 is 1.35. The minimum atomic E-state index is -0.728. The number of nitriles is 1. The molecule has 1 fully saturated rings. The second-order valence-corrected chi connectivity index (χ2v) is 8.38. The summed E-state index contributed by atoms with van der Waals surface area (Å²) in [6.07, 6.45) is 6.30. The summed E-state index contributed by atoms with van der Waals surface area (Å²) in [5, 5.41) is 21.5. The average molecular weight is 396 g/mol. The first-order valence-corrected chi connectivity index (χ1v) is 10.5. The number of rotatable bonds is 7. The van der Waals surface area contributed by atoms with Gasteiger partial charge in [0.05, 0.1) is 11.3 Å². The molecule has 0 radical (unpaired) electrons. The number of nitrogens with zero attached hydrogens (tertiary/aromatic N) is 4. The van der Waals surface area contributed by atoms with Gasteiger partial charge in [0, 0.05) is 12.1 Å². The lowest BCUT2D eigenvalue weighted by atomic mass is 9.83. The number of carbonyl (C=O) groups is 1. The van der Waals surface area contributed by atoms with Crippen LogP contribution < -0.4 is 5.32 Å². The lowest BCUT2D eigenvalue weighted by molar-refractivity contribution is -0.121. The number of nitrogens with one attached hydrogen (secondary N) is 1. The minimum Gasteiger partial charge on any atom is -0.337 e. The molecule has 2 aromatic rings. The molecule has 0 bridgehead atoms. The van der Waals surface area contributed by atoms with Crippen LogP contribution in [0, 0.1) is 11.3 Å². The smallest absolute Gasteiger partial charge is 0.234 e. The molecule has 0 spiro atoms. The third-order valence-electron chi connectivity index (χ3n) is 5.00. The second kappa shape index (κ2) is 9.07. The third-order valence-corrected chi connectivity index (χ3v) is 6.08. The molecule has 1 aliphatic rings. The van der Waals surface area contributed by atoms with Crippen molar-refractivity contribution in [2.75, 3.05) is 0 Å². The number of amides is 1. The van der Waals surface area contributed by atoms with Crippen molar-refractivity contribution in [2.45, 2.75) is 61.5 Å². The van der Waals surface area contributed by atoms with Crippen LogP contribution in [-0.2, 0) is 11.3 Å². The quantitative estimate of drug-likeness (QED) is 0.567. The highest BCUT2D eigenvalue weighted by Gasteiger charge is 2.35. The van der Waals surface area contributed by atoms with Crippen LogP contribution in [0.5, 0.6) is 0 Å². The van der Waals surface area contributed by atoms with Gasteiger partial charge in [0.25, 0.3) is 0 Å². The first-order chi connectivity index (χ1) is 13.6. The normalized spacial score (nSPS) is 16.7. The summed E-state index contributed by atoms with van der Waals surface area (Å²) in [5.74, 6) is 0.610. The number of allylic oxidation sites excluding steroid dienone is 1. The van der Waals surface area contributed by atoms with Crippen LogP contribution in [0.25, 0.3) is 11.4 Å². The van der Waals surface area contributed by atoms with E-state index in [4.69, 9.17) is 0 Å². The average Bonchev–Trinajstić information content (AvgIpc) is 3.12. The third kappa shape index (κ3) is 4.45. The molecule has 1 atom stereocenters. The lowest BCUT2D eigenvalue weighted by Gasteiger charge is -2.32. The topological polar surface area (TPSA) is 83.6 Å². The van der Waals surface area contributed by atoms with E-state index in [1.165, 1.54) is 11.8 Å². The largest absolute Gasteiger partial charge is 0.337 e. The van der Waals surface area contributed by atoms with E-state index in [0.717, 1.165) is 43.5 Å². The van der Waals surface area contributed by atoms with E-state index in [0.29, 0.717) is 11.7 Å². The molecule has 1 heterocycles.